The van der Waals surface area contributed by atoms with E-state index < -0.39 is 34.5 Å². The first-order valence-corrected chi connectivity index (χ1v) is 5.42. The summed E-state index contributed by atoms with van der Waals surface area (Å²) in [7, 11) is 0. The molecule has 0 saturated heterocycles. The maximum Gasteiger partial charge on any atom is 0.305 e. The standard InChI is InChI=1S/C11H13FN2O5/c12-7-2-1-6(5-9(7)14(18)19)11(17)8(13)3-4-10(15)16/h1-2,5,8,11,17H,3-4,13H2,(H,15,16). The average molecular weight is 272 g/mol. The van der Waals surface area contributed by atoms with Crippen molar-refractivity contribution in [2.45, 2.75) is 25.0 Å². The highest BCUT2D eigenvalue weighted by molar-refractivity contribution is 5.66. The van der Waals surface area contributed by atoms with E-state index in [1.165, 1.54) is 6.07 Å². The van der Waals surface area contributed by atoms with Crippen LogP contribution in [0.4, 0.5) is 10.1 Å². The number of benzene rings is 1. The molecule has 0 bridgehead atoms. The number of carboxylic acid groups (broad SMARTS) is 1. The number of nitrogens with two attached hydrogens (primary N) is 1. The Balaban J connectivity index is 2.87. The summed E-state index contributed by atoms with van der Waals surface area (Å²) in [5, 5.41) is 28.9. The number of aliphatic carboxylic acids is 1. The second-order valence-electron chi connectivity index (χ2n) is 4.01. The number of nitrogens with zero attached hydrogens (tertiary/aromatic N) is 1. The molecule has 1 aromatic carbocycles. The number of halogens is 1. The van der Waals surface area contributed by atoms with Crippen molar-refractivity contribution >= 4 is 11.7 Å². The van der Waals surface area contributed by atoms with Gasteiger partial charge in [0.15, 0.2) is 0 Å². The van der Waals surface area contributed by atoms with Gasteiger partial charge >= 0.3 is 11.7 Å². The number of hydrogen-bond donors (Lipinski definition) is 3. The largest absolute Gasteiger partial charge is 0.481 e. The van der Waals surface area contributed by atoms with Crippen molar-refractivity contribution in [2.24, 2.45) is 5.73 Å². The highest BCUT2D eigenvalue weighted by Gasteiger charge is 2.22. The zero-order valence-corrected chi connectivity index (χ0v) is 9.82. The van der Waals surface area contributed by atoms with Crippen molar-refractivity contribution in [1.82, 2.24) is 0 Å². The Morgan fingerprint density at radius 1 is 1.53 bits per heavy atom. The van der Waals surface area contributed by atoms with Crippen LogP contribution in [-0.4, -0.2) is 27.1 Å². The Bertz CT molecular complexity index is 494. The van der Waals surface area contributed by atoms with Gasteiger partial charge in [0.05, 0.1) is 11.0 Å². The summed E-state index contributed by atoms with van der Waals surface area (Å²) in [6, 6.07) is 2.02. The van der Waals surface area contributed by atoms with Gasteiger partial charge in [-0.25, -0.2) is 0 Å². The fraction of sp³-hybridized carbons (Fsp3) is 0.364. The number of nitro groups is 1. The highest BCUT2D eigenvalue weighted by atomic mass is 19.1. The number of rotatable bonds is 6. The van der Waals surface area contributed by atoms with Gasteiger partial charge in [-0.1, -0.05) is 6.07 Å². The molecule has 19 heavy (non-hydrogen) atoms. The van der Waals surface area contributed by atoms with Gasteiger partial charge in [-0.05, 0) is 18.1 Å². The molecule has 104 valence electrons. The summed E-state index contributed by atoms with van der Waals surface area (Å²) in [5.41, 5.74) is 4.90. The topological polar surface area (TPSA) is 127 Å². The van der Waals surface area contributed by atoms with E-state index in [2.05, 4.69) is 0 Å². The second-order valence-corrected chi connectivity index (χ2v) is 4.01. The third-order valence-corrected chi connectivity index (χ3v) is 2.61. The molecule has 0 aromatic heterocycles. The van der Waals surface area contributed by atoms with Crippen LogP contribution in [0.5, 0.6) is 0 Å². The van der Waals surface area contributed by atoms with Gasteiger partial charge in [0, 0.05) is 18.5 Å². The quantitative estimate of drug-likeness (QED) is 0.523. The SMILES string of the molecule is NC(CCC(=O)O)C(O)c1ccc(F)c([N+](=O)[O-])c1. The van der Waals surface area contributed by atoms with Gasteiger partial charge in [0.1, 0.15) is 0 Å². The molecule has 0 aliphatic heterocycles. The molecule has 4 N–H and O–H groups in total. The Kier molecular flexibility index (Phi) is 4.90. The van der Waals surface area contributed by atoms with E-state index in [-0.39, 0.29) is 18.4 Å². The summed E-state index contributed by atoms with van der Waals surface area (Å²) in [6.07, 6.45) is -1.53. The first-order valence-electron chi connectivity index (χ1n) is 5.42. The number of aliphatic hydroxyl groups excluding tert-OH is 1. The minimum atomic E-state index is -1.29. The normalized spacial score (nSPS) is 13.8. The van der Waals surface area contributed by atoms with Gasteiger partial charge in [0.25, 0.3) is 0 Å². The summed E-state index contributed by atoms with van der Waals surface area (Å²) in [6.45, 7) is 0. The highest BCUT2D eigenvalue weighted by Crippen LogP contribution is 2.25. The van der Waals surface area contributed by atoms with Gasteiger partial charge in [-0.2, -0.15) is 4.39 Å². The van der Waals surface area contributed by atoms with Crippen molar-refractivity contribution in [3.63, 3.8) is 0 Å². The van der Waals surface area contributed by atoms with Gasteiger partial charge < -0.3 is 15.9 Å². The lowest BCUT2D eigenvalue weighted by Gasteiger charge is -2.18. The number of nitro benzene ring substituents is 1. The minimum Gasteiger partial charge on any atom is -0.481 e. The predicted octanol–water partition coefficient (Wildman–Crippen LogP) is 0.959. The third-order valence-electron chi connectivity index (χ3n) is 2.61. The molecule has 0 aliphatic carbocycles. The number of carboxylic acids is 1. The van der Waals surface area contributed by atoms with Crippen LogP contribution < -0.4 is 5.73 Å². The van der Waals surface area contributed by atoms with E-state index in [0.717, 1.165) is 12.1 Å². The lowest BCUT2D eigenvalue weighted by molar-refractivity contribution is -0.387. The summed E-state index contributed by atoms with van der Waals surface area (Å²) >= 11 is 0. The second kappa shape index (κ2) is 6.21. The van der Waals surface area contributed by atoms with Crippen LogP contribution in [0.25, 0.3) is 0 Å². The van der Waals surface area contributed by atoms with Crippen LogP contribution in [0.2, 0.25) is 0 Å². The lowest BCUT2D eigenvalue weighted by atomic mass is 9.98. The number of carbonyl (C=O) groups is 1. The molecule has 0 aliphatic rings. The van der Waals surface area contributed by atoms with Gasteiger partial charge in [-0.3, -0.25) is 14.9 Å². The van der Waals surface area contributed by atoms with Crippen LogP contribution in [0, 0.1) is 15.9 Å². The molecule has 0 amide bonds. The molecule has 1 rings (SSSR count). The van der Waals surface area contributed by atoms with Crippen LogP contribution >= 0.6 is 0 Å². The molecule has 0 radical (unpaired) electrons. The van der Waals surface area contributed by atoms with Gasteiger partial charge in [0.2, 0.25) is 5.82 Å². The van der Waals surface area contributed by atoms with E-state index in [0.29, 0.717) is 0 Å². The van der Waals surface area contributed by atoms with E-state index >= 15 is 0 Å². The smallest absolute Gasteiger partial charge is 0.305 e. The first-order chi connectivity index (χ1) is 8.82. The van der Waals surface area contributed by atoms with Crippen molar-refractivity contribution in [3.8, 4) is 0 Å². The molecule has 7 nitrogen and oxygen atoms in total. The van der Waals surface area contributed by atoms with Crippen LogP contribution in [0.15, 0.2) is 18.2 Å². The number of aliphatic hydroxyl groups is 1. The minimum absolute atomic E-state index is 0.00166. The van der Waals surface area contributed by atoms with E-state index in [4.69, 9.17) is 10.8 Å². The fourth-order valence-corrected chi connectivity index (χ4v) is 1.55. The molecular formula is C11H13FN2O5. The molecule has 0 spiro atoms. The molecule has 0 fully saturated rings. The first kappa shape index (κ1) is 15.0. The predicted molar refractivity (Wildman–Crippen MR) is 62.9 cm³/mol. The van der Waals surface area contributed by atoms with E-state index in [9.17, 15) is 24.4 Å². The van der Waals surface area contributed by atoms with Crippen molar-refractivity contribution in [1.29, 1.82) is 0 Å². The molecule has 2 unspecified atom stereocenters. The fourth-order valence-electron chi connectivity index (χ4n) is 1.55. The maximum atomic E-state index is 13.1. The monoisotopic (exact) mass is 272 g/mol. The molecule has 1 aromatic rings. The lowest BCUT2D eigenvalue weighted by Crippen LogP contribution is -2.29. The van der Waals surface area contributed by atoms with E-state index in [1.54, 1.807) is 0 Å². The third kappa shape index (κ3) is 3.97. The molecule has 0 heterocycles. The van der Waals surface area contributed by atoms with Crippen LogP contribution in [0.1, 0.15) is 24.5 Å². The summed E-state index contributed by atoms with van der Waals surface area (Å²) < 4.78 is 13.1. The Morgan fingerprint density at radius 3 is 2.68 bits per heavy atom. The Morgan fingerprint density at radius 2 is 2.16 bits per heavy atom. The average Bonchev–Trinajstić information content (AvgIpc) is 2.35. The maximum absolute atomic E-state index is 13.1. The Labute approximate surface area is 107 Å². The van der Waals surface area contributed by atoms with Crippen LogP contribution in [-0.2, 0) is 4.79 Å². The zero-order valence-electron chi connectivity index (χ0n) is 9.82. The number of hydrogen-bond acceptors (Lipinski definition) is 5. The van der Waals surface area contributed by atoms with Crippen molar-refractivity contribution in [2.75, 3.05) is 0 Å². The molecular weight excluding hydrogens is 259 g/mol. The summed E-state index contributed by atoms with van der Waals surface area (Å²) in [5.74, 6) is -2.08. The Hall–Kier alpha value is -2.06. The van der Waals surface area contributed by atoms with Gasteiger partial charge in [-0.15, -0.1) is 0 Å². The van der Waals surface area contributed by atoms with Crippen molar-refractivity contribution < 1.29 is 24.3 Å². The van der Waals surface area contributed by atoms with E-state index in [1.807, 2.05) is 0 Å². The summed E-state index contributed by atoms with van der Waals surface area (Å²) in [4.78, 5) is 20.0. The van der Waals surface area contributed by atoms with Crippen LogP contribution in [0.3, 0.4) is 0 Å². The molecule has 2 atom stereocenters. The molecule has 8 heteroatoms. The zero-order chi connectivity index (χ0) is 14.6. The van der Waals surface area contributed by atoms with Crippen molar-refractivity contribution in [3.05, 3.63) is 39.7 Å². The molecule has 0 saturated carbocycles.